The molecule has 0 saturated carbocycles. The fourth-order valence-electron chi connectivity index (χ4n) is 1.79. The monoisotopic (exact) mass is 303 g/mol. The molecule has 0 aliphatic rings. The number of nitrogen functional groups attached to an aromatic ring is 1. The van der Waals surface area contributed by atoms with Crippen molar-refractivity contribution in [3.63, 3.8) is 0 Å². The van der Waals surface area contributed by atoms with Crippen LogP contribution in [0.4, 0.5) is 5.00 Å². The van der Waals surface area contributed by atoms with Crippen LogP contribution in [0.15, 0.2) is 45.8 Å². The van der Waals surface area contributed by atoms with Gasteiger partial charge in [-0.3, -0.25) is 0 Å². The van der Waals surface area contributed by atoms with Gasteiger partial charge in [-0.2, -0.15) is 4.98 Å². The Balaban J connectivity index is 1.73. The van der Waals surface area contributed by atoms with E-state index in [1.807, 2.05) is 31.2 Å². The van der Waals surface area contributed by atoms with E-state index in [0.717, 1.165) is 10.4 Å². The molecule has 20 heavy (non-hydrogen) atoms. The zero-order chi connectivity index (χ0) is 13.9. The molecule has 102 valence electrons. The molecule has 3 aromatic rings. The summed E-state index contributed by atoms with van der Waals surface area (Å²) >= 11 is 3.21. The number of hydrogen-bond donors (Lipinski definition) is 1. The summed E-state index contributed by atoms with van der Waals surface area (Å²) in [5.41, 5.74) is 6.76. The summed E-state index contributed by atoms with van der Waals surface area (Å²) in [6.07, 6.45) is 0. The first-order valence-corrected chi connectivity index (χ1v) is 7.89. The molecule has 2 aromatic heterocycles. The van der Waals surface area contributed by atoms with Crippen LogP contribution in [0.3, 0.4) is 0 Å². The standard InChI is InChI=1S/C14H13N3OS2/c1-9-7-11(13(15)20-9)14-16-12(17-18-14)8-19-10-5-3-2-4-6-10/h2-7H,8,15H2,1H3. The Morgan fingerprint density at radius 2 is 2.10 bits per heavy atom. The Morgan fingerprint density at radius 3 is 2.80 bits per heavy atom. The average Bonchev–Trinajstić information content (AvgIpc) is 3.04. The molecule has 0 spiro atoms. The van der Waals surface area contributed by atoms with E-state index in [9.17, 15) is 0 Å². The predicted octanol–water partition coefficient (Wildman–Crippen LogP) is 3.98. The first kappa shape index (κ1) is 13.2. The van der Waals surface area contributed by atoms with E-state index in [1.165, 1.54) is 16.2 Å². The quantitative estimate of drug-likeness (QED) is 0.738. The lowest BCUT2D eigenvalue weighted by atomic mass is 10.3. The molecule has 0 saturated heterocycles. The number of thiophene rings is 1. The van der Waals surface area contributed by atoms with Crippen molar-refractivity contribution in [2.75, 3.05) is 5.73 Å². The topological polar surface area (TPSA) is 64.9 Å². The number of benzene rings is 1. The Morgan fingerprint density at radius 1 is 1.30 bits per heavy atom. The van der Waals surface area contributed by atoms with E-state index in [1.54, 1.807) is 11.8 Å². The van der Waals surface area contributed by atoms with E-state index < -0.39 is 0 Å². The average molecular weight is 303 g/mol. The van der Waals surface area contributed by atoms with Crippen molar-refractivity contribution < 1.29 is 4.52 Å². The van der Waals surface area contributed by atoms with Gasteiger partial charge in [-0.05, 0) is 25.1 Å². The molecule has 2 heterocycles. The Labute approximate surface area is 125 Å². The number of thioether (sulfide) groups is 1. The highest BCUT2D eigenvalue weighted by Gasteiger charge is 2.14. The van der Waals surface area contributed by atoms with Crippen molar-refractivity contribution in [3.8, 4) is 11.5 Å². The molecule has 0 fully saturated rings. The third-order valence-electron chi connectivity index (χ3n) is 2.69. The Hall–Kier alpha value is -1.79. The van der Waals surface area contributed by atoms with Crippen molar-refractivity contribution in [2.24, 2.45) is 0 Å². The zero-order valence-electron chi connectivity index (χ0n) is 10.9. The second-order valence-electron chi connectivity index (χ2n) is 4.25. The number of nitrogens with zero attached hydrogens (tertiary/aromatic N) is 2. The molecule has 2 N–H and O–H groups in total. The summed E-state index contributed by atoms with van der Waals surface area (Å²) < 4.78 is 5.29. The van der Waals surface area contributed by atoms with Crippen LogP contribution in [0.2, 0.25) is 0 Å². The van der Waals surface area contributed by atoms with Gasteiger partial charge < -0.3 is 10.3 Å². The molecule has 0 aliphatic heterocycles. The number of aryl methyl sites for hydroxylation is 1. The summed E-state index contributed by atoms with van der Waals surface area (Å²) in [7, 11) is 0. The first-order chi connectivity index (χ1) is 9.72. The molecule has 0 amide bonds. The van der Waals surface area contributed by atoms with Crippen molar-refractivity contribution in [1.82, 2.24) is 10.1 Å². The van der Waals surface area contributed by atoms with Gasteiger partial charge in [0.2, 0.25) is 0 Å². The SMILES string of the molecule is Cc1cc(-c2nc(CSc3ccccc3)no2)c(N)s1. The molecular formula is C14H13N3OS2. The largest absolute Gasteiger partial charge is 0.390 e. The van der Waals surface area contributed by atoms with E-state index >= 15 is 0 Å². The second-order valence-corrected chi connectivity index (χ2v) is 6.59. The summed E-state index contributed by atoms with van der Waals surface area (Å²) in [4.78, 5) is 6.72. The lowest BCUT2D eigenvalue weighted by molar-refractivity contribution is 0.425. The minimum Gasteiger partial charge on any atom is -0.390 e. The molecule has 6 heteroatoms. The normalized spacial score (nSPS) is 10.8. The zero-order valence-corrected chi connectivity index (χ0v) is 12.5. The molecule has 3 rings (SSSR count). The molecule has 0 unspecified atom stereocenters. The molecule has 0 aliphatic carbocycles. The smallest absolute Gasteiger partial charge is 0.260 e. The molecule has 0 radical (unpaired) electrons. The molecule has 0 bridgehead atoms. The lowest BCUT2D eigenvalue weighted by Gasteiger charge is -1.96. The summed E-state index contributed by atoms with van der Waals surface area (Å²) in [5, 5.41) is 4.72. The van der Waals surface area contributed by atoms with Gasteiger partial charge in [-0.15, -0.1) is 23.1 Å². The van der Waals surface area contributed by atoms with Crippen LogP contribution in [0.1, 0.15) is 10.7 Å². The Bertz CT molecular complexity index is 706. The molecule has 0 atom stereocenters. The predicted molar refractivity (Wildman–Crippen MR) is 82.8 cm³/mol. The first-order valence-electron chi connectivity index (χ1n) is 6.09. The third-order valence-corrected chi connectivity index (χ3v) is 4.58. The van der Waals surface area contributed by atoms with Crippen molar-refractivity contribution >= 4 is 28.1 Å². The molecule has 1 aromatic carbocycles. The maximum Gasteiger partial charge on any atom is 0.260 e. The number of anilines is 1. The van der Waals surface area contributed by atoms with Crippen LogP contribution in [0.25, 0.3) is 11.5 Å². The fraction of sp³-hybridized carbons (Fsp3) is 0.143. The van der Waals surface area contributed by atoms with E-state index in [-0.39, 0.29) is 0 Å². The molecular weight excluding hydrogens is 290 g/mol. The van der Waals surface area contributed by atoms with Gasteiger partial charge in [-0.1, -0.05) is 23.4 Å². The van der Waals surface area contributed by atoms with Crippen molar-refractivity contribution in [2.45, 2.75) is 17.6 Å². The lowest BCUT2D eigenvalue weighted by Crippen LogP contribution is -1.85. The van der Waals surface area contributed by atoms with Gasteiger partial charge in [0.1, 0.15) is 0 Å². The van der Waals surface area contributed by atoms with Crippen molar-refractivity contribution in [1.29, 1.82) is 0 Å². The van der Waals surface area contributed by atoms with Gasteiger partial charge in [0.25, 0.3) is 5.89 Å². The fourth-order valence-corrected chi connectivity index (χ4v) is 3.33. The number of rotatable bonds is 4. The van der Waals surface area contributed by atoms with Gasteiger partial charge in [0.05, 0.1) is 16.3 Å². The van der Waals surface area contributed by atoms with E-state index in [0.29, 0.717) is 22.5 Å². The van der Waals surface area contributed by atoms with E-state index in [4.69, 9.17) is 10.3 Å². The summed E-state index contributed by atoms with van der Waals surface area (Å²) in [5.74, 6) is 1.85. The highest BCUT2D eigenvalue weighted by molar-refractivity contribution is 7.98. The third kappa shape index (κ3) is 2.86. The van der Waals surface area contributed by atoms with Crippen LogP contribution < -0.4 is 5.73 Å². The highest BCUT2D eigenvalue weighted by atomic mass is 32.2. The van der Waals surface area contributed by atoms with Gasteiger partial charge in [0.15, 0.2) is 5.82 Å². The maximum atomic E-state index is 5.93. The minimum atomic E-state index is 0.496. The van der Waals surface area contributed by atoms with E-state index in [2.05, 4.69) is 22.3 Å². The maximum absolute atomic E-state index is 5.93. The van der Waals surface area contributed by atoms with Gasteiger partial charge >= 0.3 is 0 Å². The van der Waals surface area contributed by atoms with Crippen LogP contribution >= 0.6 is 23.1 Å². The summed E-state index contributed by atoms with van der Waals surface area (Å²) in [6.45, 7) is 2.01. The van der Waals surface area contributed by atoms with Gasteiger partial charge in [-0.25, -0.2) is 0 Å². The van der Waals surface area contributed by atoms with Crippen LogP contribution in [-0.2, 0) is 5.75 Å². The minimum absolute atomic E-state index is 0.496. The number of aromatic nitrogens is 2. The number of nitrogens with two attached hydrogens (primary N) is 1. The van der Waals surface area contributed by atoms with Crippen LogP contribution in [-0.4, -0.2) is 10.1 Å². The highest BCUT2D eigenvalue weighted by Crippen LogP contribution is 2.32. The Kier molecular flexibility index (Phi) is 3.75. The summed E-state index contributed by atoms with van der Waals surface area (Å²) in [6, 6.07) is 12.1. The molecule has 4 nitrogen and oxygen atoms in total. The van der Waals surface area contributed by atoms with Crippen LogP contribution in [0, 0.1) is 6.92 Å². The number of hydrogen-bond acceptors (Lipinski definition) is 6. The van der Waals surface area contributed by atoms with Crippen LogP contribution in [0.5, 0.6) is 0 Å². The van der Waals surface area contributed by atoms with Gasteiger partial charge in [0, 0.05) is 9.77 Å². The van der Waals surface area contributed by atoms with Crippen molar-refractivity contribution in [3.05, 3.63) is 47.1 Å². The second kappa shape index (κ2) is 5.68.